The first-order valence-corrected chi connectivity index (χ1v) is 7.36. The summed E-state index contributed by atoms with van der Waals surface area (Å²) in [6.07, 6.45) is 4.23. The first-order valence-electron chi connectivity index (χ1n) is 7.36. The molecule has 1 fully saturated rings. The number of nitrogens with two attached hydrogens (primary N) is 1. The second kappa shape index (κ2) is 6.55. The molecule has 1 aliphatic carbocycles. The van der Waals surface area contributed by atoms with Crippen LogP contribution < -0.4 is 5.73 Å². The summed E-state index contributed by atoms with van der Waals surface area (Å²) in [5.74, 6) is 1.38. The molecule has 4 atom stereocenters. The zero-order valence-electron chi connectivity index (χ0n) is 12.6. The van der Waals surface area contributed by atoms with Crippen LogP contribution in [-0.4, -0.2) is 29.9 Å². The first-order chi connectivity index (χ1) is 8.34. The van der Waals surface area contributed by atoms with E-state index in [1.165, 1.54) is 0 Å². The Morgan fingerprint density at radius 2 is 1.94 bits per heavy atom. The largest absolute Gasteiger partial charge is 0.343 e. The average molecular weight is 254 g/mol. The van der Waals surface area contributed by atoms with Crippen molar-refractivity contribution in [3.63, 3.8) is 0 Å². The Morgan fingerprint density at radius 3 is 2.50 bits per heavy atom. The molecule has 1 amide bonds. The number of nitrogens with zero attached hydrogens (tertiary/aromatic N) is 1. The van der Waals surface area contributed by atoms with E-state index in [2.05, 4.69) is 27.7 Å². The van der Waals surface area contributed by atoms with E-state index < -0.39 is 0 Å². The molecule has 106 valence electrons. The van der Waals surface area contributed by atoms with E-state index >= 15 is 0 Å². The maximum absolute atomic E-state index is 12.5. The average Bonchev–Trinajstić information content (AvgIpc) is 2.30. The van der Waals surface area contributed by atoms with E-state index in [0.29, 0.717) is 23.8 Å². The van der Waals surface area contributed by atoms with Crippen LogP contribution in [0.5, 0.6) is 0 Å². The van der Waals surface area contributed by atoms with Gasteiger partial charge in [0.2, 0.25) is 5.91 Å². The van der Waals surface area contributed by atoms with Crippen LogP contribution in [0.25, 0.3) is 0 Å². The highest BCUT2D eigenvalue weighted by Gasteiger charge is 2.35. The summed E-state index contributed by atoms with van der Waals surface area (Å²) in [5.41, 5.74) is 6.09. The molecule has 1 saturated carbocycles. The summed E-state index contributed by atoms with van der Waals surface area (Å²) >= 11 is 0. The van der Waals surface area contributed by atoms with Gasteiger partial charge in [-0.25, -0.2) is 0 Å². The van der Waals surface area contributed by atoms with Crippen molar-refractivity contribution >= 4 is 5.91 Å². The summed E-state index contributed by atoms with van der Waals surface area (Å²) in [7, 11) is 1.95. The fourth-order valence-corrected chi connectivity index (χ4v) is 3.07. The first kappa shape index (κ1) is 15.5. The Morgan fingerprint density at radius 1 is 1.33 bits per heavy atom. The van der Waals surface area contributed by atoms with Crippen LogP contribution in [0, 0.1) is 17.8 Å². The fourth-order valence-electron chi connectivity index (χ4n) is 3.07. The minimum absolute atomic E-state index is 0.133. The molecule has 1 rings (SSSR count). The monoisotopic (exact) mass is 254 g/mol. The predicted octanol–water partition coefficient (Wildman–Crippen LogP) is 2.64. The van der Waals surface area contributed by atoms with E-state index in [4.69, 9.17) is 5.73 Å². The minimum Gasteiger partial charge on any atom is -0.343 e. The van der Waals surface area contributed by atoms with Gasteiger partial charge in [0.15, 0.2) is 0 Å². The van der Waals surface area contributed by atoms with Crippen LogP contribution in [0.3, 0.4) is 0 Å². The van der Waals surface area contributed by atoms with Crippen LogP contribution in [0.4, 0.5) is 0 Å². The number of rotatable bonds is 4. The van der Waals surface area contributed by atoms with Crippen molar-refractivity contribution in [3.8, 4) is 0 Å². The van der Waals surface area contributed by atoms with Crippen molar-refractivity contribution in [2.45, 2.75) is 65.5 Å². The Bertz CT molecular complexity index is 278. The van der Waals surface area contributed by atoms with Gasteiger partial charge in [0, 0.05) is 25.0 Å². The molecule has 18 heavy (non-hydrogen) atoms. The van der Waals surface area contributed by atoms with Crippen LogP contribution in [0.2, 0.25) is 0 Å². The topological polar surface area (TPSA) is 46.3 Å². The molecule has 3 nitrogen and oxygen atoms in total. The van der Waals surface area contributed by atoms with Gasteiger partial charge < -0.3 is 10.6 Å². The van der Waals surface area contributed by atoms with E-state index in [9.17, 15) is 4.79 Å². The van der Waals surface area contributed by atoms with E-state index in [-0.39, 0.29) is 12.0 Å². The summed E-state index contributed by atoms with van der Waals surface area (Å²) in [4.78, 5) is 14.5. The highest BCUT2D eigenvalue weighted by molar-refractivity contribution is 5.79. The highest BCUT2D eigenvalue weighted by atomic mass is 16.2. The molecule has 0 aromatic carbocycles. The zero-order valence-corrected chi connectivity index (χ0v) is 12.6. The molecular weight excluding hydrogens is 224 g/mol. The molecule has 0 radical (unpaired) electrons. The van der Waals surface area contributed by atoms with E-state index in [1.54, 1.807) is 0 Å². The lowest BCUT2D eigenvalue weighted by atomic mass is 9.76. The summed E-state index contributed by atoms with van der Waals surface area (Å²) < 4.78 is 0. The predicted molar refractivity (Wildman–Crippen MR) is 76.2 cm³/mol. The lowest BCUT2D eigenvalue weighted by Gasteiger charge is -2.37. The van der Waals surface area contributed by atoms with Gasteiger partial charge in [0.1, 0.15) is 0 Å². The second-order valence-corrected chi connectivity index (χ2v) is 6.49. The van der Waals surface area contributed by atoms with Gasteiger partial charge >= 0.3 is 0 Å². The third-order valence-electron chi connectivity index (χ3n) is 4.50. The molecule has 0 heterocycles. The van der Waals surface area contributed by atoms with Crippen LogP contribution >= 0.6 is 0 Å². The van der Waals surface area contributed by atoms with Crippen LogP contribution in [0.15, 0.2) is 0 Å². The van der Waals surface area contributed by atoms with Crippen molar-refractivity contribution in [1.82, 2.24) is 4.90 Å². The second-order valence-electron chi connectivity index (χ2n) is 6.49. The Balaban J connectivity index is 2.62. The van der Waals surface area contributed by atoms with Gasteiger partial charge in [0.25, 0.3) is 0 Å². The van der Waals surface area contributed by atoms with Crippen molar-refractivity contribution in [2.75, 3.05) is 7.05 Å². The number of carbonyl (C=O) groups excluding carboxylic acids is 1. The van der Waals surface area contributed by atoms with Crippen molar-refractivity contribution < 1.29 is 4.79 Å². The van der Waals surface area contributed by atoms with Gasteiger partial charge in [-0.2, -0.15) is 0 Å². The molecule has 4 unspecified atom stereocenters. The molecule has 1 aliphatic rings. The molecule has 0 bridgehead atoms. The molecule has 0 aromatic heterocycles. The highest BCUT2D eigenvalue weighted by Crippen LogP contribution is 2.31. The number of carbonyl (C=O) groups is 1. The zero-order chi connectivity index (χ0) is 13.9. The molecule has 2 N–H and O–H groups in total. The van der Waals surface area contributed by atoms with E-state index in [1.807, 2.05) is 11.9 Å². The lowest BCUT2D eigenvalue weighted by Crippen LogP contribution is -2.47. The van der Waals surface area contributed by atoms with Crippen molar-refractivity contribution in [1.29, 1.82) is 0 Å². The van der Waals surface area contributed by atoms with Crippen LogP contribution in [0.1, 0.15) is 53.4 Å². The van der Waals surface area contributed by atoms with Crippen molar-refractivity contribution in [3.05, 3.63) is 0 Å². The third kappa shape index (κ3) is 3.71. The van der Waals surface area contributed by atoms with Gasteiger partial charge in [-0.1, -0.05) is 27.2 Å². The summed E-state index contributed by atoms with van der Waals surface area (Å²) in [6, 6.07) is 0.518. The van der Waals surface area contributed by atoms with Crippen LogP contribution in [-0.2, 0) is 4.79 Å². The summed E-state index contributed by atoms with van der Waals surface area (Å²) in [5, 5.41) is 0. The Labute approximate surface area is 112 Å². The quantitative estimate of drug-likeness (QED) is 0.838. The maximum atomic E-state index is 12.5. The molecule has 0 spiro atoms. The third-order valence-corrected chi connectivity index (χ3v) is 4.50. The maximum Gasteiger partial charge on any atom is 0.225 e. The normalized spacial score (nSPS) is 30.3. The van der Waals surface area contributed by atoms with Gasteiger partial charge in [0.05, 0.1) is 0 Å². The van der Waals surface area contributed by atoms with Gasteiger partial charge in [-0.3, -0.25) is 4.79 Å². The number of amides is 1. The molecule has 0 aliphatic heterocycles. The van der Waals surface area contributed by atoms with E-state index in [0.717, 1.165) is 25.7 Å². The Hall–Kier alpha value is -0.570. The van der Waals surface area contributed by atoms with Gasteiger partial charge in [-0.05, 0) is 38.0 Å². The van der Waals surface area contributed by atoms with Gasteiger partial charge in [-0.15, -0.1) is 0 Å². The molecular formula is C15H30N2O. The number of hydrogen-bond acceptors (Lipinski definition) is 2. The molecule has 0 saturated heterocycles. The SMILES string of the molecule is CC(C)CC(C)N(C)C(=O)C1CCCC(N)C1C. The smallest absolute Gasteiger partial charge is 0.225 e. The molecule has 0 aromatic rings. The Kier molecular flexibility index (Phi) is 5.64. The molecule has 3 heteroatoms. The summed E-state index contributed by atoms with van der Waals surface area (Å²) in [6.45, 7) is 8.68. The van der Waals surface area contributed by atoms with Crippen molar-refractivity contribution in [2.24, 2.45) is 23.5 Å². The number of hydrogen-bond donors (Lipinski definition) is 1. The minimum atomic E-state index is 0.133. The standard InChI is InChI=1S/C15H30N2O/c1-10(2)9-11(3)17(5)15(18)13-7-6-8-14(16)12(13)4/h10-14H,6-9,16H2,1-5H3. The fraction of sp³-hybridized carbons (Fsp3) is 0.933. The lowest BCUT2D eigenvalue weighted by molar-refractivity contribution is -0.139.